The fourth-order valence-corrected chi connectivity index (χ4v) is 16.9. The Hall–Kier alpha value is -9.53. The summed E-state index contributed by atoms with van der Waals surface area (Å²) in [5.41, 5.74) is 16.9. The van der Waals surface area contributed by atoms with Crippen LogP contribution in [-0.2, 0) is 78.7 Å². The molecule has 0 spiro atoms. The number of anilines is 1. The standard InChI is InChI=1S/C79H91F2N11O11S2/c1-79-29-10-31-92(79)78(103)65(34-47-18-25-57(93)26-19-47)88-72(98)43-91-67-17-6-5-15-58(67)73(51-13-3-2-4-14-51)89-66(77(91)102)40-68(94)63(36-53-41-84-61-27-24-56(81)39-60(53)61)90-76(101)64(35-52-21-20-50-22-23-55(80)38-59(50)52)87-71(97)42-85-75(100)62(16-7-8-30-82)86-70(96)28-32-104-44-48-11-9-12-49(33-48)45-105-46-54(74(83)99)37-69(79)95/h5-6,9,11-12,15,17-19,21-27,33,38-39,41,51,54,62-66,84,93H,2-4,7-8,10,13-14,16,20,28-32,34-37,40,42-46,82H2,1H3,(H2,83,99)(H,85,100)(H,86,96)(H,87,97)(H,88,98)(H,90,101)/t54-,62-,63-,64-,65-,66+,79-/m0/s1. The van der Waals surface area contributed by atoms with Gasteiger partial charge in [-0.1, -0.05) is 86.0 Å². The number of para-hydroxylation sites is 1. The fourth-order valence-electron chi connectivity index (χ4n) is 14.9. The van der Waals surface area contributed by atoms with Crippen molar-refractivity contribution in [3.8, 4) is 5.75 Å². The number of nitrogens with one attached hydrogen (secondary N) is 6. The van der Waals surface area contributed by atoms with E-state index in [1.807, 2.05) is 24.3 Å². The monoisotopic (exact) mass is 1470 g/mol. The first kappa shape index (κ1) is 76.6. The smallest absolute Gasteiger partial charge is 0.252 e. The largest absolute Gasteiger partial charge is 0.508 e. The van der Waals surface area contributed by atoms with Crippen LogP contribution < -0.4 is 43.0 Å². The van der Waals surface area contributed by atoms with Gasteiger partial charge in [-0.3, -0.25) is 52.9 Å². The van der Waals surface area contributed by atoms with Gasteiger partial charge in [0.2, 0.25) is 41.4 Å². The van der Waals surface area contributed by atoms with Gasteiger partial charge in [0, 0.05) is 102 Å². The summed E-state index contributed by atoms with van der Waals surface area (Å²) in [4.78, 5) is 159. The molecule has 1 saturated carbocycles. The molecule has 22 nitrogen and oxygen atoms in total. The Morgan fingerprint density at radius 1 is 0.705 bits per heavy atom. The first-order chi connectivity index (χ1) is 50.6. The second-order valence-corrected chi connectivity index (χ2v) is 30.3. The number of phenolic OH excluding ortho intramolecular Hbond substituents is 1. The summed E-state index contributed by atoms with van der Waals surface area (Å²) in [6.45, 7) is 0.760. The van der Waals surface area contributed by atoms with Gasteiger partial charge in [-0.25, -0.2) is 8.78 Å². The topological polar surface area (TPSA) is 338 Å². The van der Waals surface area contributed by atoms with Crippen molar-refractivity contribution in [3.63, 3.8) is 0 Å². The Morgan fingerprint density at radius 2 is 1.44 bits per heavy atom. The Bertz CT molecular complexity index is 4310. The summed E-state index contributed by atoms with van der Waals surface area (Å²) in [6.07, 6.45) is 8.21. The maximum Gasteiger partial charge on any atom is 0.252 e. The summed E-state index contributed by atoms with van der Waals surface area (Å²) >= 11 is 2.93. The maximum absolute atomic E-state index is 15.9. The number of allylic oxidation sites excluding steroid dienone is 1. The van der Waals surface area contributed by atoms with Gasteiger partial charge < -0.3 is 57.9 Å². The highest BCUT2D eigenvalue weighted by Crippen LogP contribution is 2.38. The van der Waals surface area contributed by atoms with E-state index in [4.69, 9.17) is 16.5 Å². The molecule has 26 heteroatoms. The number of H-pyrrole nitrogens is 1. The number of carbonyl (C=O) groups excluding carboxylic acids is 10. The molecule has 2 aliphatic carbocycles. The minimum Gasteiger partial charge on any atom is -0.508 e. The average Bonchev–Trinajstić information content (AvgIpc) is 1.64. The number of aromatic amines is 1. The van der Waals surface area contributed by atoms with E-state index in [1.54, 1.807) is 61.7 Å². The van der Waals surface area contributed by atoms with E-state index in [0.29, 0.717) is 112 Å². The number of rotatable bonds is 12. The molecule has 7 atom stereocenters. The summed E-state index contributed by atoms with van der Waals surface area (Å²) in [6, 6.07) is 22.3. The first-order valence-electron chi connectivity index (χ1n) is 36.2. The van der Waals surface area contributed by atoms with Crippen molar-refractivity contribution < 1.29 is 61.8 Å². The normalized spacial score (nSPS) is 23.7. The number of aliphatic imine (C=N–C) groups is 1. The number of ketones is 2. The number of amides is 8. The number of primary amides is 1. The molecule has 6 aromatic rings. The fraction of sp³-hybridized carbons (Fsp3) is 0.430. The lowest BCUT2D eigenvalue weighted by Gasteiger charge is -2.37. The number of aromatic nitrogens is 1. The van der Waals surface area contributed by atoms with Crippen LogP contribution in [-0.4, -0.2) is 153 Å². The van der Waals surface area contributed by atoms with Crippen LogP contribution in [0.5, 0.6) is 5.75 Å². The van der Waals surface area contributed by atoms with Crippen molar-refractivity contribution in [2.24, 2.45) is 28.3 Å². The van der Waals surface area contributed by atoms with Gasteiger partial charge in [-0.15, -0.1) is 0 Å². The SMILES string of the molecule is C[C@@]12CCCN1C(=O)[C@H](Cc1ccc(O)cc1)NC(=O)CN1C(=O)[C@@H](CC(=O)[C@H](Cc3c[nH]c4ccc(F)cc34)NC(=O)[C@H](CC3=CCc4ccc(F)cc43)NC(=O)CNC(=O)[C@H](CCCCN)NC(=O)CCSCc3cccc(c3)CSC[C@@H](C(N)=O)CC2=O)N=C(C2CCCCC2)c2ccccc21. The Morgan fingerprint density at radius 3 is 2.21 bits per heavy atom. The number of Topliss-reactive ketones (excluding diaryl/α,β-unsaturated/α-hetero) is 2. The van der Waals surface area contributed by atoms with Crippen LogP contribution in [0.2, 0.25) is 0 Å². The third-order valence-electron chi connectivity index (χ3n) is 20.6. The molecule has 2 fully saturated rings. The number of phenols is 1. The third-order valence-corrected chi connectivity index (χ3v) is 22.8. The highest BCUT2D eigenvalue weighted by molar-refractivity contribution is 7.98. The van der Waals surface area contributed by atoms with E-state index in [1.165, 1.54) is 75.8 Å². The second-order valence-electron chi connectivity index (χ2n) is 28.1. The van der Waals surface area contributed by atoms with E-state index in [9.17, 15) is 29.1 Å². The second kappa shape index (κ2) is 35.5. The zero-order valence-electron chi connectivity index (χ0n) is 58.9. The molecule has 0 unspecified atom stereocenters. The molecule has 11 rings (SSSR count). The van der Waals surface area contributed by atoms with Gasteiger partial charge >= 0.3 is 0 Å². The zero-order chi connectivity index (χ0) is 74.3. The van der Waals surface area contributed by atoms with Gasteiger partial charge in [0.25, 0.3) is 5.91 Å². The minimum atomic E-state index is -1.53. The third kappa shape index (κ3) is 19.5. The predicted molar refractivity (Wildman–Crippen MR) is 400 cm³/mol. The van der Waals surface area contributed by atoms with Crippen molar-refractivity contribution in [1.82, 2.24) is 36.5 Å². The number of nitrogens with two attached hydrogens (primary N) is 2. The lowest BCUT2D eigenvalue weighted by Crippen LogP contribution is -2.59. The Kier molecular flexibility index (Phi) is 25.9. The van der Waals surface area contributed by atoms with E-state index in [2.05, 4.69) is 31.6 Å². The summed E-state index contributed by atoms with van der Waals surface area (Å²) in [5, 5.41) is 24.7. The van der Waals surface area contributed by atoms with Crippen LogP contribution in [0.3, 0.4) is 0 Å². The number of halogens is 2. The van der Waals surface area contributed by atoms with Crippen molar-refractivity contribution in [3.05, 3.63) is 172 Å². The van der Waals surface area contributed by atoms with E-state index in [0.717, 1.165) is 36.0 Å². The lowest BCUT2D eigenvalue weighted by atomic mass is 9.82. The van der Waals surface area contributed by atoms with Crippen molar-refractivity contribution in [2.75, 3.05) is 42.6 Å². The van der Waals surface area contributed by atoms with Crippen molar-refractivity contribution >= 4 is 110 Å². The predicted octanol–water partition coefficient (Wildman–Crippen LogP) is 7.91. The minimum absolute atomic E-state index is 0.0439. The van der Waals surface area contributed by atoms with E-state index < -0.39 is 126 Å². The molecule has 4 heterocycles. The number of unbranched alkanes of at least 4 members (excludes halogenated alkanes) is 1. The average molecular weight is 1470 g/mol. The molecule has 4 bridgehead atoms. The Labute approximate surface area is 617 Å². The maximum atomic E-state index is 15.9. The van der Waals surface area contributed by atoms with Crippen molar-refractivity contribution in [2.45, 2.75) is 163 Å². The van der Waals surface area contributed by atoms with Crippen LogP contribution >= 0.6 is 23.5 Å². The van der Waals surface area contributed by atoms with Crippen LogP contribution in [0.25, 0.3) is 16.5 Å². The van der Waals surface area contributed by atoms with Crippen LogP contribution in [0.15, 0.2) is 126 Å². The highest BCUT2D eigenvalue weighted by atomic mass is 32.2. The lowest BCUT2D eigenvalue weighted by molar-refractivity contribution is -0.146. The highest BCUT2D eigenvalue weighted by Gasteiger charge is 2.48. The van der Waals surface area contributed by atoms with Gasteiger partial charge in [0.1, 0.15) is 48.1 Å². The van der Waals surface area contributed by atoms with Gasteiger partial charge in [0.05, 0.1) is 29.7 Å². The van der Waals surface area contributed by atoms with Gasteiger partial charge in [-0.2, -0.15) is 23.5 Å². The van der Waals surface area contributed by atoms with Crippen molar-refractivity contribution in [1.29, 1.82) is 0 Å². The first-order valence-corrected chi connectivity index (χ1v) is 38.5. The molecule has 11 N–H and O–H groups in total. The number of hydrogen-bond donors (Lipinski definition) is 9. The summed E-state index contributed by atoms with van der Waals surface area (Å²) in [5.74, 6) is -7.38. The van der Waals surface area contributed by atoms with Crippen LogP contribution in [0, 0.1) is 23.5 Å². The molecule has 554 valence electrons. The number of nitrogens with zero attached hydrogens (tertiary/aromatic N) is 3. The van der Waals surface area contributed by atoms with Crippen LogP contribution in [0.4, 0.5) is 14.5 Å². The number of aromatic hydroxyl groups is 1. The molecule has 1 saturated heterocycles. The molecule has 3 aliphatic heterocycles. The molecule has 105 heavy (non-hydrogen) atoms. The molecule has 1 aromatic heterocycles. The number of carbonyl (C=O) groups is 10. The van der Waals surface area contributed by atoms with Crippen LogP contribution in [0.1, 0.15) is 136 Å². The number of thioether (sulfide) groups is 2. The molecule has 5 aromatic carbocycles. The number of benzene rings is 5. The quantitative estimate of drug-likeness (QED) is 0.0526. The van der Waals surface area contributed by atoms with E-state index >= 15 is 32.8 Å². The molecule has 5 aliphatic rings. The molecule has 8 amide bonds. The van der Waals surface area contributed by atoms with Gasteiger partial charge in [0.15, 0.2) is 11.6 Å². The number of hydrogen-bond acceptors (Lipinski definition) is 15. The van der Waals surface area contributed by atoms with Gasteiger partial charge in [-0.05, 0) is 152 Å². The Balaban J connectivity index is 0.950. The van der Waals surface area contributed by atoms with E-state index in [-0.39, 0.29) is 74.7 Å². The zero-order valence-corrected chi connectivity index (χ0v) is 60.5. The molecule has 0 radical (unpaired) electrons. The summed E-state index contributed by atoms with van der Waals surface area (Å²) in [7, 11) is 0. The molecular formula is C79H91F2N11O11S2. The number of fused-ring (bicyclic) bond motifs is 9. The summed E-state index contributed by atoms with van der Waals surface area (Å²) < 4.78 is 30.2. The molecular weight excluding hydrogens is 1380 g/mol.